The lowest BCUT2D eigenvalue weighted by Gasteiger charge is -2.18. The molecule has 0 bridgehead atoms. The van der Waals surface area contributed by atoms with Gasteiger partial charge in [0.1, 0.15) is 5.76 Å². The molecule has 4 nitrogen and oxygen atoms in total. The van der Waals surface area contributed by atoms with Crippen molar-refractivity contribution >= 4 is 37.8 Å². The monoisotopic (exact) mass is 415 g/mol. The molecule has 6 heteroatoms. The van der Waals surface area contributed by atoms with Crippen LogP contribution in [0, 0.1) is 0 Å². The zero-order valence-electron chi connectivity index (χ0n) is 11.7. The van der Waals surface area contributed by atoms with E-state index < -0.39 is 5.97 Å². The molecule has 2 rings (SSSR count). The normalized spacial score (nSPS) is 12.2. The molecule has 1 atom stereocenters. The van der Waals surface area contributed by atoms with Crippen molar-refractivity contribution in [3.8, 4) is 0 Å². The molecule has 0 saturated carbocycles. The van der Waals surface area contributed by atoms with Gasteiger partial charge in [0.05, 0.1) is 13.2 Å². The lowest BCUT2D eigenvalue weighted by atomic mass is 10.0. The van der Waals surface area contributed by atoms with Gasteiger partial charge in [-0.1, -0.05) is 38.8 Å². The predicted molar refractivity (Wildman–Crippen MR) is 87.4 cm³/mol. The molecule has 1 unspecified atom stereocenters. The molecule has 0 aliphatic carbocycles. The molecule has 0 amide bonds. The van der Waals surface area contributed by atoms with E-state index in [1.807, 2.05) is 25.1 Å². The molecule has 1 heterocycles. The van der Waals surface area contributed by atoms with Gasteiger partial charge in [-0.3, -0.25) is 0 Å². The van der Waals surface area contributed by atoms with Gasteiger partial charge >= 0.3 is 5.97 Å². The van der Waals surface area contributed by atoms with Gasteiger partial charge in [-0.2, -0.15) is 0 Å². The zero-order valence-corrected chi connectivity index (χ0v) is 14.8. The molecule has 0 saturated heterocycles. The first-order chi connectivity index (χ1) is 10.1. The number of esters is 1. The molecule has 0 aliphatic heterocycles. The summed E-state index contributed by atoms with van der Waals surface area (Å²) in [6, 6.07) is 9.19. The second kappa shape index (κ2) is 7.24. The van der Waals surface area contributed by atoms with Crippen molar-refractivity contribution in [2.45, 2.75) is 13.0 Å². The van der Waals surface area contributed by atoms with Gasteiger partial charge < -0.3 is 14.5 Å². The third kappa shape index (κ3) is 3.75. The van der Waals surface area contributed by atoms with E-state index in [0.717, 1.165) is 21.1 Å². The standard InChI is InChI=1S/C15H15Br2NO3/c1-3-18-14(10-8-9(16)4-5-11(10)17)12-6-7-13(21-12)15(19)20-2/h4-8,14,18H,3H2,1-2H3. The Kier molecular flexibility index (Phi) is 5.61. The fourth-order valence-corrected chi connectivity index (χ4v) is 2.88. The van der Waals surface area contributed by atoms with Crippen molar-refractivity contribution in [3.05, 3.63) is 56.4 Å². The van der Waals surface area contributed by atoms with Crippen molar-refractivity contribution in [2.75, 3.05) is 13.7 Å². The molecule has 1 N–H and O–H groups in total. The Morgan fingerprint density at radius 2 is 2.10 bits per heavy atom. The van der Waals surface area contributed by atoms with Gasteiger partial charge in [-0.25, -0.2) is 4.79 Å². The fraction of sp³-hybridized carbons (Fsp3) is 0.267. The molecule has 0 aliphatic rings. The van der Waals surface area contributed by atoms with Crippen LogP contribution in [-0.2, 0) is 4.74 Å². The number of ether oxygens (including phenoxy) is 1. The number of carbonyl (C=O) groups is 1. The molecular weight excluding hydrogens is 402 g/mol. The van der Waals surface area contributed by atoms with Crippen molar-refractivity contribution in [3.63, 3.8) is 0 Å². The van der Waals surface area contributed by atoms with Crippen LogP contribution < -0.4 is 5.32 Å². The highest BCUT2D eigenvalue weighted by molar-refractivity contribution is 9.11. The van der Waals surface area contributed by atoms with Gasteiger partial charge in [-0.15, -0.1) is 0 Å². The molecular formula is C15H15Br2NO3. The molecule has 112 valence electrons. The van der Waals surface area contributed by atoms with Crippen LogP contribution in [0.25, 0.3) is 0 Å². The molecule has 21 heavy (non-hydrogen) atoms. The summed E-state index contributed by atoms with van der Waals surface area (Å²) in [6.45, 7) is 2.78. The van der Waals surface area contributed by atoms with Crippen LogP contribution in [0.5, 0.6) is 0 Å². The maximum Gasteiger partial charge on any atom is 0.373 e. The lowest BCUT2D eigenvalue weighted by Crippen LogP contribution is -2.22. The van der Waals surface area contributed by atoms with E-state index >= 15 is 0 Å². The second-order valence-electron chi connectivity index (χ2n) is 4.35. The molecule has 1 aromatic carbocycles. The first kappa shape index (κ1) is 16.3. The Morgan fingerprint density at radius 3 is 2.76 bits per heavy atom. The summed E-state index contributed by atoms with van der Waals surface area (Å²) in [5.41, 5.74) is 1.02. The summed E-state index contributed by atoms with van der Waals surface area (Å²) in [6.07, 6.45) is 0. The van der Waals surface area contributed by atoms with Crippen molar-refractivity contribution in [1.82, 2.24) is 5.32 Å². The van der Waals surface area contributed by atoms with E-state index in [4.69, 9.17) is 4.42 Å². The van der Waals surface area contributed by atoms with E-state index in [2.05, 4.69) is 41.9 Å². The first-order valence-corrected chi connectivity index (χ1v) is 8.01. The third-order valence-corrected chi connectivity index (χ3v) is 4.19. The topological polar surface area (TPSA) is 51.5 Å². The Labute approximate surface area is 140 Å². The fourth-order valence-electron chi connectivity index (χ4n) is 2.02. The molecule has 0 spiro atoms. The van der Waals surface area contributed by atoms with E-state index in [0.29, 0.717) is 5.76 Å². The number of carbonyl (C=O) groups excluding carboxylic acids is 1. The van der Waals surface area contributed by atoms with Gasteiger partial charge in [0.15, 0.2) is 0 Å². The van der Waals surface area contributed by atoms with E-state index in [1.54, 1.807) is 12.1 Å². The summed E-state index contributed by atoms with van der Waals surface area (Å²) < 4.78 is 12.2. The average Bonchev–Trinajstić information content (AvgIpc) is 2.96. The van der Waals surface area contributed by atoms with Gasteiger partial charge in [0.2, 0.25) is 5.76 Å². The van der Waals surface area contributed by atoms with Crippen LogP contribution in [-0.4, -0.2) is 19.6 Å². The maximum absolute atomic E-state index is 11.5. The highest BCUT2D eigenvalue weighted by Crippen LogP contribution is 2.32. The minimum Gasteiger partial charge on any atom is -0.463 e. The largest absolute Gasteiger partial charge is 0.463 e. The van der Waals surface area contributed by atoms with Crippen LogP contribution >= 0.6 is 31.9 Å². The third-order valence-electron chi connectivity index (χ3n) is 2.98. The number of rotatable bonds is 5. The van der Waals surface area contributed by atoms with Crippen LogP contribution in [0.4, 0.5) is 0 Å². The highest BCUT2D eigenvalue weighted by atomic mass is 79.9. The number of hydrogen-bond acceptors (Lipinski definition) is 4. The molecule has 2 aromatic rings. The lowest BCUT2D eigenvalue weighted by molar-refractivity contribution is 0.0562. The maximum atomic E-state index is 11.5. The highest BCUT2D eigenvalue weighted by Gasteiger charge is 2.21. The van der Waals surface area contributed by atoms with Crippen LogP contribution in [0.15, 0.2) is 43.7 Å². The molecule has 0 radical (unpaired) electrons. The minimum atomic E-state index is -0.482. The Morgan fingerprint density at radius 1 is 1.33 bits per heavy atom. The quantitative estimate of drug-likeness (QED) is 0.738. The van der Waals surface area contributed by atoms with Crippen molar-refractivity contribution in [2.24, 2.45) is 0 Å². The first-order valence-electron chi connectivity index (χ1n) is 6.43. The van der Waals surface area contributed by atoms with Gasteiger partial charge in [0.25, 0.3) is 0 Å². The minimum absolute atomic E-state index is 0.153. The van der Waals surface area contributed by atoms with Crippen LogP contribution in [0.1, 0.15) is 34.8 Å². The molecule has 0 fully saturated rings. The second-order valence-corrected chi connectivity index (χ2v) is 6.12. The van der Waals surface area contributed by atoms with Crippen LogP contribution in [0.3, 0.4) is 0 Å². The summed E-state index contributed by atoms with van der Waals surface area (Å²) in [5, 5.41) is 3.36. The Bertz CT molecular complexity index is 640. The number of nitrogens with one attached hydrogen (secondary N) is 1. The van der Waals surface area contributed by atoms with Crippen molar-refractivity contribution < 1.29 is 13.9 Å². The van der Waals surface area contributed by atoms with Gasteiger partial charge in [-0.05, 0) is 42.4 Å². The summed E-state index contributed by atoms with van der Waals surface area (Å²) in [5.74, 6) is 0.377. The Balaban J connectivity index is 2.41. The predicted octanol–water partition coefficient (Wildman–Crippen LogP) is 4.29. The molecule has 1 aromatic heterocycles. The number of halogens is 2. The van der Waals surface area contributed by atoms with E-state index in [9.17, 15) is 4.79 Å². The van der Waals surface area contributed by atoms with Crippen LogP contribution in [0.2, 0.25) is 0 Å². The van der Waals surface area contributed by atoms with Gasteiger partial charge in [0, 0.05) is 8.95 Å². The smallest absolute Gasteiger partial charge is 0.373 e. The van der Waals surface area contributed by atoms with Crippen molar-refractivity contribution in [1.29, 1.82) is 0 Å². The summed E-state index contributed by atoms with van der Waals surface area (Å²) in [7, 11) is 1.33. The number of benzene rings is 1. The van der Waals surface area contributed by atoms with E-state index in [1.165, 1.54) is 7.11 Å². The SMILES string of the molecule is CCNC(c1ccc(C(=O)OC)o1)c1cc(Br)ccc1Br. The average molecular weight is 417 g/mol. The number of methoxy groups -OCH3 is 1. The van der Waals surface area contributed by atoms with E-state index in [-0.39, 0.29) is 11.8 Å². The Hall–Kier alpha value is -1.11. The zero-order chi connectivity index (χ0) is 15.4. The number of furan rings is 1. The number of hydrogen-bond donors (Lipinski definition) is 1. The summed E-state index contributed by atoms with van der Waals surface area (Å²) >= 11 is 7.03. The summed E-state index contributed by atoms with van der Waals surface area (Å²) in [4.78, 5) is 11.5.